The highest BCUT2D eigenvalue weighted by Gasteiger charge is 2.32. The topological polar surface area (TPSA) is 29.5 Å². The minimum atomic E-state index is -0.284. The van der Waals surface area contributed by atoms with Gasteiger partial charge in [-0.1, -0.05) is 54.6 Å². The molecule has 3 aromatic rings. The average Bonchev–Trinajstić information content (AvgIpc) is 2.72. The Morgan fingerprint density at radius 1 is 0.963 bits per heavy atom. The summed E-state index contributed by atoms with van der Waals surface area (Å²) in [5.74, 6) is 0.303. The van der Waals surface area contributed by atoms with Crippen LogP contribution in [0, 0.1) is 5.82 Å². The van der Waals surface area contributed by atoms with Crippen LogP contribution in [0.3, 0.4) is 0 Å². The van der Waals surface area contributed by atoms with Crippen LogP contribution in [0.5, 0.6) is 5.75 Å². The summed E-state index contributed by atoms with van der Waals surface area (Å²) in [6.45, 7) is 0.583. The molecule has 0 aromatic heterocycles. The van der Waals surface area contributed by atoms with Crippen LogP contribution in [-0.4, -0.2) is 24.0 Å². The normalized spacial score (nSPS) is 15.9. The van der Waals surface area contributed by atoms with Crippen molar-refractivity contribution >= 4 is 5.91 Å². The van der Waals surface area contributed by atoms with Gasteiger partial charge in [0, 0.05) is 6.54 Å². The number of carbonyl (C=O) groups is 1. The molecule has 1 atom stereocenters. The number of para-hydroxylation sites is 1. The van der Waals surface area contributed by atoms with Gasteiger partial charge in [-0.05, 0) is 47.4 Å². The van der Waals surface area contributed by atoms with Crippen molar-refractivity contribution in [2.75, 3.05) is 13.2 Å². The third-order valence-electron chi connectivity index (χ3n) is 4.90. The first-order valence-corrected chi connectivity index (χ1v) is 9.03. The Labute approximate surface area is 158 Å². The molecule has 0 aliphatic carbocycles. The third-order valence-corrected chi connectivity index (χ3v) is 4.90. The molecule has 1 amide bonds. The van der Waals surface area contributed by atoms with Crippen LogP contribution < -0.4 is 4.74 Å². The molecule has 0 saturated heterocycles. The van der Waals surface area contributed by atoms with Crippen LogP contribution >= 0.6 is 0 Å². The van der Waals surface area contributed by atoms with E-state index in [4.69, 9.17) is 4.74 Å². The lowest BCUT2D eigenvalue weighted by Gasteiger charge is -2.37. The van der Waals surface area contributed by atoms with Crippen molar-refractivity contribution in [3.05, 3.63) is 101 Å². The number of fused-ring (bicyclic) bond motifs is 1. The molecule has 4 heteroatoms. The molecule has 0 N–H and O–H groups in total. The number of ether oxygens (including phenoxy) is 1. The Morgan fingerprint density at radius 3 is 2.44 bits per heavy atom. The zero-order valence-corrected chi connectivity index (χ0v) is 14.8. The van der Waals surface area contributed by atoms with E-state index in [1.807, 2.05) is 53.4 Å². The zero-order valence-electron chi connectivity index (χ0n) is 14.8. The minimum absolute atomic E-state index is 0.0239. The number of hydrogen-bond donors (Lipinski definition) is 0. The quantitative estimate of drug-likeness (QED) is 0.690. The van der Waals surface area contributed by atoms with Crippen molar-refractivity contribution in [2.45, 2.75) is 12.5 Å². The smallest absolute Gasteiger partial charge is 0.261 e. The number of rotatable bonds is 4. The molecule has 1 aliphatic rings. The van der Waals surface area contributed by atoms with Gasteiger partial charge in [0.25, 0.3) is 5.91 Å². The number of halogens is 1. The summed E-state index contributed by atoms with van der Waals surface area (Å²) in [5, 5.41) is 0. The van der Waals surface area contributed by atoms with Gasteiger partial charge in [0.15, 0.2) is 6.61 Å². The highest BCUT2D eigenvalue weighted by Crippen LogP contribution is 2.35. The summed E-state index contributed by atoms with van der Waals surface area (Å²) in [7, 11) is 0. The van der Waals surface area contributed by atoms with Crippen molar-refractivity contribution in [1.29, 1.82) is 0 Å². The maximum atomic E-state index is 13.4. The van der Waals surface area contributed by atoms with Gasteiger partial charge in [0.05, 0.1) is 6.04 Å². The third kappa shape index (κ3) is 3.70. The summed E-state index contributed by atoms with van der Waals surface area (Å²) in [5.41, 5.74) is 3.21. The number of carbonyl (C=O) groups excluding carboxylic acids is 1. The van der Waals surface area contributed by atoms with E-state index in [9.17, 15) is 9.18 Å². The first-order valence-electron chi connectivity index (χ1n) is 9.03. The fraction of sp³-hybridized carbons (Fsp3) is 0.174. The molecule has 3 nitrogen and oxygen atoms in total. The van der Waals surface area contributed by atoms with Gasteiger partial charge in [0.2, 0.25) is 0 Å². The van der Waals surface area contributed by atoms with E-state index >= 15 is 0 Å². The summed E-state index contributed by atoms with van der Waals surface area (Å²) < 4.78 is 19.1. The average molecular weight is 361 g/mol. The Balaban J connectivity index is 1.62. The summed E-state index contributed by atoms with van der Waals surface area (Å²) >= 11 is 0. The molecule has 0 saturated carbocycles. The predicted octanol–water partition coefficient (Wildman–Crippen LogP) is 4.38. The lowest BCUT2D eigenvalue weighted by Crippen LogP contribution is -2.42. The predicted molar refractivity (Wildman–Crippen MR) is 102 cm³/mol. The first kappa shape index (κ1) is 17.3. The molecule has 0 spiro atoms. The van der Waals surface area contributed by atoms with E-state index in [-0.39, 0.29) is 24.4 Å². The van der Waals surface area contributed by atoms with Gasteiger partial charge in [-0.2, -0.15) is 0 Å². The van der Waals surface area contributed by atoms with Crippen LogP contribution in [0.15, 0.2) is 78.9 Å². The second-order valence-corrected chi connectivity index (χ2v) is 6.59. The first-order chi connectivity index (χ1) is 13.2. The molecule has 3 aromatic carbocycles. The van der Waals surface area contributed by atoms with Crippen LogP contribution in [0.25, 0.3) is 0 Å². The maximum absolute atomic E-state index is 13.4. The van der Waals surface area contributed by atoms with Crippen molar-refractivity contribution in [3.8, 4) is 5.75 Å². The lowest BCUT2D eigenvalue weighted by atomic mass is 9.88. The maximum Gasteiger partial charge on any atom is 0.261 e. The van der Waals surface area contributed by atoms with E-state index < -0.39 is 0 Å². The van der Waals surface area contributed by atoms with Crippen LogP contribution in [0.2, 0.25) is 0 Å². The van der Waals surface area contributed by atoms with Gasteiger partial charge < -0.3 is 9.64 Å². The van der Waals surface area contributed by atoms with Gasteiger partial charge >= 0.3 is 0 Å². The fourth-order valence-corrected chi connectivity index (χ4v) is 3.58. The molecule has 4 rings (SSSR count). The molecular weight excluding hydrogens is 341 g/mol. The van der Waals surface area contributed by atoms with E-state index in [2.05, 4.69) is 6.07 Å². The van der Waals surface area contributed by atoms with E-state index in [0.29, 0.717) is 12.3 Å². The summed E-state index contributed by atoms with van der Waals surface area (Å²) in [6, 6.07) is 23.6. The lowest BCUT2D eigenvalue weighted by molar-refractivity contribution is -0.135. The van der Waals surface area contributed by atoms with E-state index in [0.717, 1.165) is 17.5 Å². The Morgan fingerprint density at radius 2 is 1.67 bits per heavy atom. The second-order valence-electron chi connectivity index (χ2n) is 6.59. The van der Waals surface area contributed by atoms with E-state index in [1.165, 1.54) is 17.7 Å². The number of benzene rings is 3. The van der Waals surface area contributed by atoms with Crippen LogP contribution in [0.4, 0.5) is 4.39 Å². The molecule has 0 bridgehead atoms. The zero-order chi connectivity index (χ0) is 18.6. The monoisotopic (exact) mass is 361 g/mol. The summed E-state index contributed by atoms with van der Waals surface area (Å²) in [6.07, 6.45) is 0.797. The molecule has 27 heavy (non-hydrogen) atoms. The van der Waals surface area contributed by atoms with Crippen molar-refractivity contribution < 1.29 is 13.9 Å². The molecule has 0 fully saturated rings. The van der Waals surface area contributed by atoms with Crippen molar-refractivity contribution in [3.63, 3.8) is 0 Å². The second kappa shape index (κ2) is 7.62. The van der Waals surface area contributed by atoms with Crippen LogP contribution in [-0.2, 0) is 11.2 Å². The highest BCUT2D eigenvalue weighted by atomic mass is 19.1. The van der Waals surface area contributed by atoms with E-state index in [1.54, 1.807) is 12.1 Å². The Bertz CT molecular complexity index is 925. The van der Waals surface area contributed by atoms with Gasteiger partial charge in [0.1, 0.15) is 11.6 Å². The molecule has 136 valence electrons. The number of nitrogens with zero attached hydrogens (tertiary/aromatic N) is 1. The highest BCUT2D eigenvalue weighted by molar-refractivity contribution is 5.79. The molecule has 1 aliphatic heterocycles. The number of hydrogen-bond acceptors (Lipinski definition) is 2. The Hall–Kier alpha value is -3.14. The molecule has 0 radical (unpaired) electrons. The van der Waals surface area contributed by atoms with Gasteiger partial charge in [-0.3, -0.25) is 4.79 Å². The van der Waals surface area contributed by atoms with Crippen LogP contribution in [0.1, 0.15) is 22.7 Å². The summed E-state index contributed by atoms with van der Waals surface area (Å²) in [4.78, 5) is 14.8. The molecule has 1 unspecified atom stereocenters. The van der Waals surface area contributed by atoms with Crippen molar-refractivity contribution in [1.82, 2.24) is 4.90 Å². The van der Waals surface area contributed by atoms with Gasteiger partial charge in [-0.15, -0.1) is 0 Å². The largest absolute Gasteiger partial charge is 0.484 e. The SMILES string of the molecule is O=C(COc1ccccc1)N1CCc2ccccc2C1c1ccc(F)cc1. The molecular formula is C23H20FNO2. The standard InChI is InChI=1S/C23H20FNO2/c24-19-12-10-18(11-13-19)23-21-9-5-4-6-17(21)14-15-25(23)22(26)16-27-20-7-2-1-3-8-20/h1-13,23H,14-16H2. The van der Waals surface area contributed by atoms with Crippen molar-refractivity contribution in [2.24, 2.45) is 0 Å². The number of amides is 1. The Kier molecular flexibility index (Phi) is 4.88. The van der Waals surface area contributed by atoms with Gasteiger partial charge in [-0.25, -0.2) is 4.39 Å². The minimum Gasteiger partial charge on any atom is -0.484 e. The molecule has 1 heterocycles. The fourth-order valence-electron chi connectivity index (χ4n) is 3.58.